The van der Waals surface area contributed by atoms with E-state index in [9.17, 15) is 4.79 Å². The Morgan fingerprint density at radius 2 is 2.08 bits per heavy atom. The molecule has 4 heteroatoms. The van der Waals surface area contributed by atoms with Crippen LogP contribution in [0.4, 0.5) is 0 Å². The number of nitrogens with zero attached hydrogens (tertiary/aromatic N) is 2. The Morgan fingerprint density at radius 1 is 1.28 bits per heavy atom. The number of thiophene rings is 1. The van der Waals surface area contributed by atoms with Gasteiger partial charge in [-0.3, -0.25) is 9.69 Å². The van der Waals surface area contributed by atoms with E-state index in [1.54, 1.807) is 0 Å². The van der Waals surface area contributed by atoms with Gasteiger partial charge in [0.05, 0.1) is 6.54 Å². The average Bonchev–Trinajstić information content (AvgIpc) is 3.27. The van der Waals surface area contributed by atoms with Crippen LogP contribution in [-0.4, -0.2) is 35.3 Å². The first-order valence-corrected chi connectivity index (χ1v) is 10.2. The van der Waals surface area contributed by atoms with E-state index in [1.165, 1.54) is 28.8 Å². The second-order valence-electron chi connectivity index (χ2n) is 6.94. The highest BCUT2D eigenvalue weighted by Gasteiger charge is 2.29. The van der Waals surface area contributed by atoms with E-state index in [2.05, 4.69) is 60.5 Å². The van der Waals surface area contributed by atoms with Crippen molar-refractivity contribution in [3.63, 3.8) is 0 Å². The average molecular weight is 357 g/mol. The van der Waals surface area contributed by atoms with Gasteiger partial charge in [-0.05, 0) is 49.7 Å². The summed E-state index contributed by atoms with van der Waals surface area (Å²) in [6.07, 6.45) is 3.34. The summed E-state index contributed by atoms with van der Waals surface area (Å²) in [5.74, 6) is 0.255. The van der Waals surface area contributed by atoms with Gasteiger partial charge >= 0.3 is 0 Å². The summed E-state index contributed by atoms with van der Waals surface area (Å²) < 4.78 is 0. The molecular weight excluding hydrogens is 328 g/mol. The third-order valence-corrected chi connectivity index (χ3v) is 5.89. The molecule has 1 aliphatic rings. The van der Waals surface area contributed by atoms with Gasteiger partial charge in [-0.2, -0.15) is 0 Å². The van der Waals surface area contributed by atoms with Gasteiger partial charge in [-0.1, -0.05) is 42.8 Å². The van der Waals surface area contributed by atoms with Crippen LogP contribution in [0.5, 0.6) is 0 Å². The number of rotatable bonds is 7. The number of likely N-dealkylation sites (tertiary alicyclic amines) is 1. The van der Waals surface area contributed by atoms with E-state index in [0.717, 1.165) is 19.5 Å². The van der Waals surface area contributed by atoms with Crippen LogP contribution in [0.15, 0.2) is 41.8 Å². The Balaban J connectivity index is 1.64. The number of carbonyl (C=O) groups excluding carboxylic acids is 1. The molecule has 2 aromatic rings. The number of benzene rings is 1. The van der Waals surface area contributed by atoms with Gasteiger partial charge in [-0.25, -0.2) is 0 Å². The Kier molecular flexibility index (Phi) is 6.27. The normalized spacial score (nSPS) is 17.8. The van der Waals surface area contributed by atoms with Gasteiger partial charge in [0, 0.05) is 24.0 Å². The fourth-order valence-electron chi connectivity index (χ4n) is 3.57. The van der Waals surface area contributed by atoms with E-state index in [-0.39, 0.29) is 5.91 Å². The van der Waals surface area contributed by atoms with E-state index in [4.69, 9.17) is 0 Å². The predicted molar refractivity (Wildman–Crippen MR) is 105 cm³/mol. The van der Waals surface area contributed by atoms with Crippen molar-refractivity contribution in [2.45, 2.75) is 45.7 Å². The summed E-state index contributed by atoms with van der Waals surface area (Å²) in [6, 6.07) is 13.2. The monoisotopic (exact) mass is 356 g/mol. The molecule has 1 aromatic carbocycles. The summed E-state index contributed by atoms with van der Waals surface area (Å²) >= 11 is 1.81. The smallest absolute Gasteiger partial charge is 0.237 e. The minimum Gasteiger partial charge on any atom is -0.337 e. The Labute approximate surface area is 155 Å². The summed E-state index contributed by atoms with van der Waals surface area (Å²) in [7, 11) is 0. The van der Waals surface area contributed by atoms with Crippen LogP contribution in [0.2, 0.25) is 0 Å². The zero-order chi connectivity index (χ0) is 17.6. The van der Waals surface area contributed by atoms with Crippen LogP contribution in [-0.2, 0) is 11.3 Å². The number of aryl methyl sites for hydroxylation is 1. The first-order valence-electron chi connectivity index (χ1n) is 9.28. The minimum atomic E-state index is 0.255. The molecule has 1 fully saturated rings. The lowest BCUT2D eigenvalue weighted by molar-refractivity contribution is -0.133. The molecule has 0 bridgehead atoms. The SMILES string of the molecule is CCCN(Cc1ccc(C)cc1)C(=O)CN1CCCC1c1cccs1. The zero-order valence-electron chi connectivity index (χ0n) is 15.3. The molecule has 3 rings (SSSR count). The molecule has 134 valence electrons. The molecule has 0 spiro atoms. The molecule has 1 saturated heterocycles. The summed E-state index contributed by atoms with van der Waals surface area (Å²) in [6.45, 7) is 7.33. The van der Waals surface area contributed by atoms with E-state index in [0.29, 0.717) is 19.1 Å². The van der Waals surface area contributed by atoms with Crippen molar-refractivity contribution in [3.05, 3.63) is 57.8 Å². The van der Waals surface area contributed by atoms with Crippen molar-refractivity contribution in [1.82, 2.24) is 9.80 Å². The highest BCUT2D eigenvalue weighted by atomic mass is 32.1. The van der Waals surface area contributed by atoms with Crippen LogP contribution < -0.4 is 0 Å². The molecule has 1 aromatic heterocycles. The molecule has 2 heterocycles. The molecule has 1 amide bonds. The van der Waals surface area contributed by atoms with Crippen molar-refractivity contribution in [2.75, 3.05) is 19.6 Å². The van der Waals surface area contributed by atoms with Gasteiger partial charge in [0.2, 0.25) is 5.91 Å². The third-order valence-electron chi connectivity index (χ3n) is 4.91. The summed E-state index contributed by atoms with van der Waals surface area (Å²) in [5, 5.41) is 2.13. The molecule has 25 heavy (non-hydrogen) atoms. The van der Waals surface area contributed by atoms with Gasteiger partial charge in [0.15, 0.2) is 0 Å². The van der Waals surface area contributed by atoms with Gasteiger partial charge in [-0.15, -0.1) is 11.3 Å². The Morgan fingerprint density at radius 3 is 2.76 bits per heavy atom. The van der Waals surface area contributed by atoms with Crippen molar-refractivity contribution in [3.8, 4) is 0 Å². The second kappa shape index (κ2) is 8.63. The van der Waals surface area contributed by atoms with Crippen LogP contribution in [0.25, 0.3) is 0 Å². The van der Waals surface area contributed by atoms with Gasteiger partial charge < -0.3 is 4.90 Å². The summed E-state index contributed by atoms with van der Waals surface area (Å²) in [5.41, 5.74) is 2.47. The van der Waals surface area contributed by atoms with Crippen LogP contribution in [0, 0.1) is 6.92 Å². The maximum atomic E-state index is 13.0. The Bertz CT molecular complexity index is 666. The van der Waals surface area contributed by atoms with Crippen LogP contribution >= 0.6 is 11.3 Å². The van der Waals surface area contributed by atoms with Crippen LogP contribution in [0.3, 0.4) is 0 Å². The van der Waals surface area contributed by atoms with E-state index < -0.39 is 0 Å². The van der Waals surface area contributed by atoms with Crippen LogP contribution in [0.1, 0.15) is 48.2 Å². The lowest BCUT2D eigenvalue weighted by atomic mass is 10.1. The minimum absolute atomic E-state index is 0.255. The maximum Gasteiger partial charge on any atom is 0.237 e. The predicted octanol–water partition coefficient (Wildman–Crippen LogP) is 4.63. The van der Waals surface area contributed by atoms with Crippen molar-refractivity contribution in [1.29, 1.82) is 0 Å². The molecule has 0 saturated carbocycles. The lowest BCUT2D eigenvalue weighted by Crippen LogP contribution is -2.40. The number of hydrogen-bond acceptors (Lipinski definition) is 3. The largest absolute Gasteiger partial charge is 0.337 e. The van der Waals surface area contributed by atoms with Gasteiger partial charge in [0.1, 0.15) is 0 Å². The first kappa shape index (κ1) is 18.2. The summed E-state index contributed by atoms with van der Waals surface area (Å²) in [4.78, 5) is 18.7. The third kappa shape index (κ3) is 4.71. The molecular formula is C21H28N2OS. The fourth-order valence-corrected chi connectivity index (χ4v) is 4.46. The van der Waals surface area contributed by atoms with Crippen molar-refractivity contribution in [2.24, 2.45) is 0 Å². The molecule has 0 radical (unpaired) electrons. The zero-order valence-corrected chi connectivity index (χ0v) is 16.1. The first-order chi connectivity index (χ1) is 12.2. The molecule has 0 N–H and O–H groups in total. The van der Waals surface area contributed by atoms with Gasteiger partial charge in [0.25, 0.3) is 0 Å². The lowest BCUT2D eigenvalue weighted by Gasteiger charge is -2.28. The van der Waals surface area contributed by atoms with Crippen molar-refractivity contribution < 1.29 is 4.79 Å². The number of hydrogen-bond donors (Lipinski definition) is 0. The van der Waals surface area contributed by atoms with Crippen molar-refractivity contribution >= 4 is 17.2 Å². The number of carbonyl (C=O) groups is 1. The highest BCUT2D eigenvalue weighted by Crippen LogP contribution is 2.34. The Hall–Kier alpha value is -1.65. The molecule has 3 nitrogen and oxygen atoms in total. The second-order valence-corrected chi connectivity index (χ2v) is 7.92. The topological polar surface area (TPSA) is 23.6 Å². The van der Waals surface area contributed by atoms with E-state index >= 15 is 0 Å². The van der Waals surface area contributed by atoms with E-state index in [1.807, 2.05) is 16.2 Å². The highest BCUT2D eigenvalue weighted by molar-refractivity contribution is 7.10. The fraction of sp³-hybridized carbons (Fsp3) is 0.476. The maximum absolute atomic E-state index is 13.0. The molecule has 0 aliphatic carbocycles. The number of amides is 1. The quantitative estimate of drug-likeness (QED) is 0.722. The molecule has 1 aliphatic heterocycles. The molecule has 1 unspecified atom stereocenters. The standard InChI is InChI=1S/C21H28N2OS/c1-3-12-23(15-18-10-8-17(2)9-11-18)21(24)16-22-13-4-6-19(22)20-7-5-14-25-20/h5,7-11,14,19H,3-4,6,12-13,15-16H2,1-2H3. The molecule has 1 atom stereocenters.